The number of nitrogens with zero attached hydrogens (tertiary/aromatic N) is 3. The van der Waals surface area contributed by atoms with E-state index in [4.69, 9.17) is 4.74 Å². The van der Waals surface area contributed by atoms with Crippen molar-refractivity contribution in [2.24, 2.45) is 4.99 Å². The van der Waals surface area contributed by atoms with Crippen LogP contribution in [0.15, 0.2) is 75.5 Å². The van der Waals surface area contributed by atoms with Gasteiger partial charge in [0, 0.05) is 17.0 Å². The van der Waals surface area contributed by atoms with Gasteiger partial charge in [-0.05, 0) is 30.9 Å². The first-order valence-electron chi connectivity index (χ1n) is 11.3. The Kier molecular flexibility index (Phi) is 6.12. The van der Waals surface area contributed by atoms with Gasteiger partial charge in [-0.25, -0.2) is 9.79 Å². The summed E-state index contributed by atoms with van der Waals surface area (Å²) < 4.78 is 7.20. The van der Waals surface area contributed by atoms with Crippen molar-refractivity contribution in [3.05, 3.63) is 95.8 Å². The molecule has 2 aliphatic rings. The molecule has 9 heteroatoms. The van der Waals surface area contributed by atoms with Gasteiger partial charge >= 0.3 is 5.97 Å². The van der Waals surface area contributed by atoms with Crippen LogP contribution in [0.4, 0.5) is 5.69 Å². The van der Waals surface area contributed by atoms with E-state index in [1.807, 2.05) is 48.7 Å². The summed E-state index contributed by atoms with van der Waals surface area (Å²) in [6.45, 7) is 7.97. The van der Waals surface area contributed by atoms with Crippen LogP contribution in [0.1, 0.15) is 36.8 Å². The highest BCUT2D eigenvalue weighted by Gasteiger charge is 2.37. The number of hydrogen-bond donors (Lipinski definition) is 0. The quantitative estimate of drug-likeness (QED) is 0.381. The highest BCUT2D eigenvalue weighted by molar-refractivity contribution is 7.10. The molecule has 1 amide bonds. The van der Waals surface area contributed by atoms with Crippen LogP contribution < -0.4 is 19.8 Å². The zero-order chi connectivity index (χ0) is 24.7. The fourth-order valence-electron chi connectivity index (χ4n) is 4.51. The Morgan fingerprint density at radius 2 is 2.03 bits per heavy atom. The molecule has 2 aromatic heterocycles. The third-order valence-electron chi connectivity index (χ3n) is 5.96. The summed E-state index contributed by atoms with van der Waals surface area (Å²) in [5.41, 5.74) is 2.39. The minimum Gasteiger partial charge on any atom is -0.458 e. The van der Waals surface area contributed by atoms with Crippen molar-refractivity contribution in [2.75, 3.05) is 18.1 Å². The number of anilines is 1. The molecule has 0 aliphatic carbocycles. The molecule has 0 saturated carbocycles. The summed E-state index contributed by atoms with van der Waals surface area (Å²) in [7, 11) is 0. The van der Waals surface area contributed by atoms with Crippen molar-refractivity contribution < 1.29 is 14.3 Å². The first-order valence-corrected chi connectivity index (χ1v) is 12.9. The largest absolute Gasteiger partial charge is 0.458 e. The van der Waals surface area contributed by atoms with Gasteiger partial charge in [0.2, 0.25) is 0 Å². The number of amides is 1. The van der Waals surface area contributed by atoms with Crippen LogP contribution in [-0.2, 0) is 14.3 Å². The fourth-order valence-corrected chi connectivity index (χ4v) is 6.47. The monoisotopic (exact) mass is 505 g/mol. The van der Waals surface area contributed by atoms with Crippen molar-refractivity contribution in [1.82, 2.24) is 4.57 Å². The van der Waals surface area contributed by atoms with Crippen LogP contribution in [0, 0.1) is 0 Å². The van der Waals surface area contributed by atoms with Crippen molar-refractivity contribution in [3.8, 4) is 0 Å². The predicted octanol–water partition coefficient (Wildman–Crippen LogP) is 3.15. The van der Waals surface area contributed by atoms with E-state index in [-0.39, 0.29) is 18.1 Å². The number of ether oxygens (including phenoxy) is 1. The lowest BCUT2D eigenvalue weighted by Crippen LogP contribution is -2.40. The van der Waals surface area contributed by atoms with E-state index in [2.05, 4.69) is 11.6 Å². The lowest BCUT2D eigenvalue weighted by Gasteiger charge is -2.23. The smallest absolute Gasteiger partial charge is 0.338 e. The molecule has 2 aliphatic heterocycles. The Bertz CT molecular complexity index is 1560. The first kappa shape index (κ1) is 23.2. The molecule has 35 heavy (non-hydrogen) atoms. The number of carbonyl (C=O) groups is 2. The lowest BCUT2D eigenvalue weighted by atomic mass is 10.0. The number of fused-ring (bicyclic) bond motifs is 2. The minimum atomic E-state index is -0.684. The first-order chi connectivity index (χ1) is 17.0. The van der Waals surface area contributed by atoms with E-state index >= 15 is 0 Å². The van der Waals surface area contributed by atoms with Crippen molar-refractivity contribution in [1.29, 1.82) is 0 Å². The van der Waals surface area contributed by atoms with E-state index in [1.54, 1.807) is 11.8 Å². The van der Waals surface area contributed by atoms with Crippen LogP contribution in [0.2, 0.25) is 0 Å². The summed E-state index contributed by atoms with van der Waals surface area (Å²) in [6, 6.07) is 10.6. The summed E-state index contributed by atoms with van der Waals surface area (Å²) in [5.74, 6) is -0.730. The molecule has 0 unspecified atom stereocenters. The van der Waals surface area contributed by atoms with Crippen molar-refractivity contribution in [3.63, 3.8) is 0 Å². The van der Waals surface area contributed by atoms with Gasteiger partial charge in [-0.1, -0.05) is 55.2 Å². The second-order valence-electron chi connectivity index (χ2n) is 8.15. The van der Waals surface area contributed by atoms with E-state index < -0.39 is 12.0 Å². The maximum absolute atomic E-state index is 14.0. The van der Waals surface area contributed by atoms with E-state index in [1.165, 1.54) is 33.3 Å². The molecule has 0 N–H and O–H groups in total. The second-order valence-corrected chi connectivity index (χ2v) is 10.1. The van der Waals surface area contributed by atoms with Crippen LogP contribution in [-0.4, -0.2) is 29.6 Å². The number of carbonyl (C=O) groups excluding carboxylic acids is 2. The van der Waals surface area contributed by atoms with Gasteiger partial charge in [0.1, 0.15) is 17.2 Å². The lowest BCUT2D eigenvalue weighted by molar-refractivity contribution is -0.138. The summed E-state index contributed by atoms with van der Waals surface area (Å²) in [4.78, 5) is 48.1. The zero-order valence-corrected chi connectivity index (χ0v) is 20.9. The number of allylic oxidation sites excluding steroid dienone is 1. The second kappa shape index (κ2) is 9.24. The van der Waals surface area contributed by atoms with E-state index in [0.717, 1.165) is 22.5 Å². The number of aromatic nitrogens is 1. The molecule has 0 bridgehead atoms. The third-order valence-corrected chi connectivity index (χ3v) is 7.94. The number of thiophene rings is 1. The normalized spacial score (nSPS) is 18.3. The molecule has 7 nitrogen and oxygen atoms in total. The molecule has 178 valence electrons. The number of para-hydroxylation sites is 1. The topological polar surface area (TPSA) is 81.0 Å². The third kappa shape index (κ3) is 3.71. The van der Waals surface area contributed by atoms with Crippen LogP contribution in [0.25, 0.3) is 5.57 Å². The van der Waals surface area contributed by atoms with Gasteiger partial charge in [-0.15, -0.1) is 11.3 Å². The molecule has 3 aromatic rings. The molecule has 5 rings (SSSR count). The molecular formula is C26H23N3O4S2. The van der Waals surface area contributed by atoms with Gasteiger partial charge in [-0.3, -0.25) is 14.2 Å². The Morgan fingerprint density at radius 1 is 1.23 bits per heavy atom. The Labute approximate surface area is 209 Å². The highest BCUT2D eigenvalue weighted by atomic mass is 32.1. The summed E-state index contributed by atoms with van der Waals surface area (Å²) in [5, 5.41) is 1.90. The molecule has 0 spiro atoms. The van der Waals surface area contributed by atoms with Crippen molar-refractivity contribution in [2.45, 2.75) is 26.3 Å². The van der Waals surface area contributed by atoms with E-state index in [9.17, 15) is 14.4 Å². The zero-order valence-electron chi connectivity index (χ0n) is 19.3. The minimum absolute atomic E-state index is 0.0554. The van der Waals surface area contributed by atoms with Gasteiger partial charge in [0.25, 0.3) is 11.5 Å². The molecule has 0 fully saturated rings. The van der Waals surface area contributed by atoms with Gasteiger partial charge in [-0.2, -0.15) is 0 Å². The molecular weight excluding hydrogens is 482 g/mol. The van der Waals surface area contributed by atoms with Crippen LogP contribution in [0.5, 0.6) is 0 Å². The maximum Gasteiger partial charge on any atom is 0.338 e. The van der Waals surface area contributed by atoms with Gasteiger partial charge in [0.05, 0.1) is 22.5 Å². The number of benzene rings is 1. The van der Waals surface area contributed by atoms with E-state index in [0.29, 0.717) is 32.7 Å². The number of thiazole rings is 1. The predicted molar refractivity (Wildman–Crippen MR) is 137 cm³/mol. The fraction of sp³-hybridized carbons (Fsp3) is 0.231. The molecule has 1 aromatic carbocycles. The van der Waals surface area contributed by atoms with Gasteiger partial charge in [0.15, 0.2) is 4.80 Å². The Morgan fingerprint density at radius 3 is 2.74 bits per heavy atom. The Balaban J connectivity index is 1.78. The number of hydrogen-bond acceptors (Lipinski definition) is 7. The van der Waals surface area contributed by atoms with Gasteiger partial charge < -0.3 is 9.64 Å². The highest BCUT2D eigenvalue weighted by Crippen LogP contribution is 2.36. The number of esters is 1. The summed E-state index contributed by atoms with van der Waals surface area (Å²) in [6.07, 6.45) is 2.29. The number of rotatable bonds is 6. The van der Waals surface area contributed by atoms with Crippen LogP contribution >= 0.6 is 22.7 Å². The standard InChI is InChI=1S/C26H23N3O4S2/c1-4-12-28-17-10-7-6-9-16(17)20(23(28)30)22-24(31)29-21(18-11-8-14-34-18)19(25(32)33-13-5-2)15(3)27-26(29)35-22/h5-11,14,21H,2,4,12-13H2,1,3H3/b22-20-/t21-/m0/s1. The molecule has 0 radical (unpaired) electrons. The molecule has 1 atom stereocenters. The average molecular weight is 506 g/mol. The maximum atomic E-state index is 14.0. The van der Waals surface area contributed by atoms with Crippen LogP contribution in [0.3, 0.4) is 0 Å². The molecule has 0 saturated heterocycles. The Hall–Kier alpha value is -3.56. The summed E-state index contributed by atoms with van der Waals surface area (Å²) >= 11 is 2.63. The molecule has 4 heterocycles. The SMILES string of the molecule is C=CCOC(=O)C1=C(C)N=c2s/c(=C3\C(=O)N(CCC)c4ccccc43)c(=O)n2[C@H]1c1cccs1. The van der Waals surface area contributed by atoms with Crippen molar-refractivity contribution >= 4 is 45.8 Å². The average Bonchev–Trinajstić information content (AvgIpc) is 3.55.